The lowest BCUT2D eigenvalue weighted by molar-refractivity contribution is 0.415. The van der Waals surface area contributed by atoms with Crippen molar-refractivity contribution in [3.8, 4) is 27.6 Å². The van der Waals surface area contributed by atoms with Crippen LogP contribution in [0.5, 0.6) is 5.75 Å². The average molecular weight is 295 g/mol. The van der Waals surface area contributed by atoms with Crippen LogP contribution in [0.1, 0.15) is 11.1 Å². The minimum atomic E-state index is 0.865. The summed E-state index contributed by atoms with van der Waals surface area (Å²) in [6.07, 6.45) is 0. The number of nitrogens with zero attached hydrogens (tertiary/aromatic N) is 1. The first-order valence-electron chi connectivity index (χ1n) is 6.85. The fourth-order valence-electron chi connectivity index (χ4n) is 2.17. The van der Waals surface area contributed by atoms with E-state index < -0.39 is 0 Å². The fraction of sp³-hybridized carbons (Fsp3) is 0.167. The Labute approximate surface area is 129 Å². The highest BCUT2D eigenvalue weighted by molar-refractivity contribution is 7.13. The Balaban J connectivity index is 1.93. The van der Waals surface area contributed by atoms with Crippen LogP contribution in [0.2, 0.25) is 0 Å². The van der Waals surface area contributed by atoms with Gasteiger partial charge >= 0.3 is 0 Å². The number of thiazole rings is 1. The SMILES string of the molecule is COc1ccc(-c2nc(-c3ccc(C)c(C)c3)cs2)cc1. The van der Waals surface area contributed by atoms with Gasteiger partial charge in [-0.25, -0.2) is 4.98 Å². The van der Waals surface area contributed by atoms with E-state index in [4.69, 9.17) is 9.72 Å². The third-order valence-corrected chi connectivity index (χ3v) is 4.54. The molecule has 0 fully saturated rings. The average Bonchev–Trinajstić information content (AvgIpc) is 3.00. The van der Waals surface area contributed by atoms with E-state index in [9.17, 15) is 0 Å². The quantitative estimate of drug-likeness (QED) is 0.670. The third kappa shape index (κ3) is 2.83. The zero-order valence-electron chi connectivity index (χ0n) is 12.4. The number of ether oxygens (including phenoxy) is 1. The molecule has 0 saturated carbocycles. The lowest BCUT2D eigenvalue weighted by atomic mass is 10.1. The molecule has 0 N–H and O–H groups in total. The van der Waals surface area contributed by atoms with Crippen molar-refractivity contribution in [2.75, 3.05) is 7.11 Å². The first-order chi connectivity index (χ1) is 10.2. The molecule has 21 heavy (non-hydrogen) atoms. The number of methoxy groups -OCH3 is 1. The van der Waals surface area contributed by atoms with Gasteiger partial charge in [0.2, 0.25) is 0 Å². The van der Waals surface area contributed by atoms with Crippen LogP contribution in [0.25, 0.3) is 21.8 Å². The number of benzene rings is 2. The lowest BCUT2D eigenvalue weighted by Crippen LogP contribution is -1.84. The van der Waals surface area contributed by atoms with E-state index in [0.29, 0.717) is 0 Å². The van der Waals surface area contributed by atoms with E-state index in [1.54, 1.807) is 18.4 Å². The van der Waals surface area contributed by atoms with Crippen LogP contribution in [0.15, 0.2) is 47.8 Å². The fourth-order valence-corrected chi connectivity index (χ4v) is 3.01. The van der Waals surface area contributed by atoms with Crippen LogP contribution in [-0.4, -0.2) is 12.1 Å². The summed E-state index contributed by atoms with van der Waals surface area (Å²) < 4.78 is 5.19. The van der Waals surface area contributed by atoms with Gasteiger partial charge in [-0.2, -0.15) is 0 Å². The van der Waals surface area contributed by atoms with Crippen molar-refractivity contribution in [3.63, 3.8) is 0 Å². The van der Waals surface area contributed by atoms with Gasteiger partial charge in [0.15, 0.2) is 0 Å². The van der Waals surface area contributed by atoms with Crippen molar-refractivity contribution in [2.45, 2.75) is 13.8 Å². The smallest absolute Gasteiger partial charge is 0.124 e. The molecule has 1 aromatic heterocycles. The van der Waals surface area contributed by atoms with Gasteiger partial charge in [-0.15, -0.1) is 11.3 Å². The second kappa shape index (κ2) is 5.70. The summed E-state index contributed by atoms with van der Waals surface area (Å²) in [5, 5.41) is 3.15. The van der Waals surface area contributed by atoms with Gasteiger partial charge < -0.3 is 4.74 Å². The topological polar surface area (TPSA) is 22.1 Å². The summed E-state index contributed by atoms with van der Waals surface area (Å²) in [6.45, 7) is 4.26. The maximum atomic E-state index is 5.19. The molecular weight excluding hydrogens is 278 g/mol. The molecule has 0 saturated heterocycles. The van der Waals surface area contributed by atoms with Crippen LogP contribution >= 0.6 is 11.3 Å². The molecule has 3 heteroatoms. The first kappa shape index (κ1) is 13.8. The summed E-state index contributed by atoms with van der Waals surface area (Å²) in [6, 6.07) is 14.5. The summed E-state index contributed by atoms with van der Waals surface area (Å²) in [7, 11) is 1.68. The van der Waals surface area contributed by atoms with Gasteiger partial charge in [-0.3, -0.25) is 0 Å². The highest BCUT2D eigenvalue weighted by atomic mass is 32.1. The molecule has 3 aromatic rings. The zero-order chi connectivity index (χ0) is 14.8. The Morgan fingerprint density at radius 2 is 1.62 bits per heavy atom. The Hall–Kier alpha value is -2.13. The van der Waals surface area contributed by atoms with Gasteiger partial charge in [0.05, 0.1) is 12.8 Å². The number of aromatic nitrogens is 1. The molecule has 3 rings (SSSR count). The molecular formula is C18H17NOS. The minimum absolute atomic E-state index is 0.865. The normalized spacial score (nSPS) is 10.6. The molecule has 0 unspecified atom stereocenters. The van der Waals surface area contributed by atoms with Gasteiger partial charge in [-0.1, -0.05) is 12.1 Å². The largest absolute Gasteiger partial charge is 0.497 e. The third-order valence-electron chi connectivity index (χ3n) is 3.64. The van der Waals surface area contributed by atoms with Crippen molar-refractivity contribution in [1.82, 2.24) is 4.98 Å². The molecule has 0 amide bonds. The zero-order valence-corrected chi connectivity index (χ0v) is 13.2. The predicted molar refractivity (Wildman–Crippen MR) is 89.0 cm³/mol. The number of rotatable bonds is 3. The van der Waals surface area contributed by atoms with Gasteiger partial charge in [0.1, 0.15) is 10.8 Å². The second-order valence-corrected chi connectivity index (χ2v) is 5.92. The van der Waals surface area contributed by atoms with Crippen LogP contribution < -0.4 is 4.74 Å². The molecule has 0 radical (unpaired) electrons. The maximum absolute atomic E-state index is 5.19. The van der Waals surface area contributed by atoms with E-state index in [1.807, 2.05) is 24.3 Å². The molecule has 106 valence electrons. The first-order valence-corrected chi connectivity index (χ1v) is 7.73. The summed E-state index contributed by atoms with van der Waals surface area (Å²) in [4.78, 5) is 4.75. The Morgan fingerprint density at radius 1 is 0.905 bits per heavy atom. The van der Waals surface area contributed by atoms with Crippen molar-refractivity contribution >= 4 is 11.3 Å². The van der Waals surface area contributed by atoms with E-state index in [-0.39, 0.29) is 0 Å². The van der Waals surface area contributed by atoms with E-state index >= 15 is 0 Å². The van der Waals surface area contributed by atoms with Gasteiger partial charge in [0.25, 0.3) is 0 Å². The molecule has 2 nitrogen and oxygen atoms in total. The summed E-state index contributed by atoms with van der Waals surface area (Å²) in [5.74, 6) is 0.865. The highest BCUT2D eigenvalue weighted by Gasteiger charge is 2.07. The summed E-state index contributed by atoms with van der Waals surface area (Å²) >= 11 is 1.67. The van der Waals surface area contributed by atoms with E-state index in [1.165, 1.54) is 16.7 Å². The van der Waals surface area contributed by atoms with Crippen LogP contribution in [-0.2, 0) is 0 Å². The van der Waals surface area contributed by atoms with Crippen LogP contribution in [0.3, 0.4) is 0 Å². The minimum Gasteiger partial charge on any atom is -0.497 e. The van der Waals surface area contributed by atoms with Crippen LogP contribution in [0, 0.1) is 13.8 Å². The summed E-state index contributed by atoms with van der Waals surface area (Å²) in [5.41, 5.74) is 5.94. The molecule has 2 aromatic carbocycles. The maximum Gasteiger partial charge on any atom is 0.124 e. The van der Waals surface area contributed by atoms with Crippen molar-refractivity contribution < 1.29 is 4.74 Å². The van der Waals surface area contributed by atoms with Gasteiger partial charge in [-0.05, 0) is 55.3 Å². The van der Waals surface area contributed by atoms with E-state index in [0.717, 1.165) is 22.0 Å². The second-order valence-electron chi connectivity index (χ2n) is 5.07. The highest BCUT2D eigenvalue weighted by Crippen LogP contribution is 2.30. The monoisotopic (exact) mass is 295 g/mol. The molecule has 0 bridgehead atoms. The molecule has 0 aliphatic heterocycles. The van der Waals surface area contributed by atoms with Crippen molar-refractivity contribution in [3.05, 3.63) is 59.0 Å². The predicted octanol–water partition coefficient (Wildman–Crippen LogP) is 5.10. The molecule has 0 aliphatic carbocycles. The number of aryl methyl sites for hydroxylation is 2. The standard InChI is InChI=1S/C18H17NOS/c1-12-4-5-15(10-13(12)2)17-11-21-18(19-17)14-6-8-16(20-3)9-7-14/h4-11H,1-3H3. The lowest BCUT2D eigenvalue weighted by Gasteiger charge is -2.02. The van der Waals surface area contributed by atoms with Crippen LogP contribution in [0.4, 0.5) is 0 Å². The Morgan fingerprint density at radius 3 is 2.29 bits per heavy atom. The molecule has 0 atom stereocenters. The van der Waals surface area contributed by atoms with Crippen molar-refractivity contribution in [2.24, 2.45) is 0 Å². The molecule has 0 aliphatic rings. The Kier molecular flexibility index (Phi) is 3.76. The van der Waals surface area contributed by atoms with Crippen molar-refractivity contribution in [1.29, 1.82) is 0 Å². The molecule has 0 spiro atoms. The van der Waals surface area contributed by atoms with Gasteiger partial charge in [0, 0.05) is 16.5 Å². The Bertz CT molecular complexity index is 759. The number of hydrogen-bond donors (Lipinski definition) is 0. The molecule has 1 heterocycles. The van der Waals surface area contributed by atoms with E-state index in [2.05, 4.69) is 37.4 Å². The number of hydrogen-bond acceptors (Lipinski definition) is 3.